The number of carbonyl (C=O) groups is 3. The summed E-state index contributed by atoms with van der Waals surface area (Å²) >= 11 is 13.4. The van der Waals surface area contributed by atoms with Gasteiger partial charge in [0.15, 0.2) is 5.76 Å². The maximum absolute atomic E-state index is 13.3. The molecule has 0 aliphatic carbocycles. The number of benzene rings is 2. The maximum Gasteiger partial charge on any atom is 0.331 e. The molecule has 2 aromatic carbocycles. The summed E-state index contributed by atoms with van der Waals surface area (Å²) in [6.45, 7) is 1.07. The van der Waals surface area contributed by atoms with Gasteiger partial charge in [-0.1, -0.05) is 11.6 Å². The van der Waals surface area contributed by atoms with E-state index in [9.17, 15) is 19.2 Å². The van der Waals surface area contributed by atoms with Gasteiger partial charge in [0, 0.05) is 17.9 Å². The van der Waals surface area contributed by atoms with Crippen LogP contribution in [0.1, 0.15) is 26.3 Å². The highest BCUT2D eigenvalue weighted by Gasteiger charge is 2.42. The third-order valence-electron chi connectivity index (χ3n) is 5.44. The maximum atomic E-state index is 13.3. The number of halogens is 4. The van der Waals surface area contributed by atoms with E-state index in [2.05, 4.69) is 63.7 Å². The molecule has 5 rings (SSSR count). The Kier molecular flexibility index (Phi) is 6.56. The molecular formula is C24H11Br4NO7. The summed E-state index contributed by atoms with van der Waals surface area (Å²) in [6, 6.07) is 8.15. The first-order valence-electron chi connectivity index (χ1n) is 10.1. The number of amides is 2. The number of aryl methyl sites for hydroxylation is 1. The average molecular weight is 745 g/mol. The Morgan fingerprint density at radius 3 is 2.17 bits per heavy atom. The largest absolute Gasteiger partial charge is 0.461 e. The lowest BCUT2D eigenvalue weighted by Gasteiger charge is -2.14. The topological polar surface area (TPSA) is 107 Å². The first-order chi connectivity index (χ1) is 17.1. The average Bonchev–Trinajstić information content (AvgIpc) is 3.46. The molecule has 8 nitrogen and oxygen atoms in total. The highest BCUT2D eigenvalue weighted by atomic mass is 79.9. The zero-order valence-electron chi connectivity index (χ0n) is 18.0. The number of fused-ring (bicyclic) bond motifs is 2. The molecular weight excluding hydrogens is 734 g/mol. The van der Waals surface area contributed by atoms with Crippen molar-refractivity contribution < 1.29 is 28.0 Å². The summed E-state index contributed by atoms with van der Waals surface area (Å²) < 4.78 is 18.4. The Bertz CT molecular complexity index is 1630. The van der Waals surface area contributed by atoms with Gasteiger partial charge in [-0.2, -0.15) is 0 Å². The van der Waals surface area contributed by atoms with Crippen LogP contribution in [-0.2, 0) is 4.79 Å². The van der Waals surface area contributed by atoms with Gasteiger partial charge in [0.2, 0.25) is 16.9 Å². The molecule has 0 N–H and O–H groups in total. The number of imide groups is 1. The van der Waals surface area contributed by atoms with Crippen molar-refractivity contribution in [2.24, 2.45) is 0 Å². The van der Waals surface area contributed by atoms with Crippen LogP contribution >= 0.6 is 63.7 Å². The Balaban J connectivity index is 1.52. The van der Waals surface area contributed by atoms with E-state index in [1.165, 1.54) is 6.26 Å². The van der Waals surface area contributed by atoms with Crippen LogP contribution in [0, 0.1) is 6.92 Å². The molecule has 3 heterocycles. The lowest BCUT2D eigenvalue weighted by molar-refractivity contribution is -0.134. The summed E-state index contributed by atoms with van der Waals surface area (Å²) in [5.74, 6) is -2.73. The van der Waals surface area contributed by atoms with Gasteiger partial charge in [-0.15, -0.1) is 0 Å². The monoisotopic (exact) mass is 741 g/mol. The van der Waals surface area contributed by atoms with Crippen molar-refractivity contribution in [1.29, 1.82) is 0 Å². The van der Waals surface area contributed by atoms with Gasteiger partial charge in [-0.05, 0) is 94.9 Å². The van der Waals surface area contributed by atoms with Gasteiger partial charge < -0.3 is 13.6 Å². The van der Waals surface area contributed by atoms with Gasteiger partial charge in [-0.25, -0.2) is 4.79 Å². The van der Waals surface area contributed by atoms with Crippen molar-refractivity contribution in [2.45, 2.75) is 6.92 Å². The number of hydrogen-bond acceptors (Lipinski definition) is 7. The molecule has 0 radical (unpaired) electrons. The number of furan rings is 1. The Labute approximate surface area is 236 Å². The Hall–Kier alpha value is -2.54. The zero-order valence-corrected chi connectivity index (χ0v) is 24.3. The minimum Gasteiger partial charge on any atom is -0.461 e. The predicted molar refractivity (Wildman–Crippen MR) is 143 cm³/mol. The van der Waals surface area contributed by atoms with Crippen molar-refractivity contribution in [2.75, 3.05) is 6.54 Å². The number of esters is 1. The normalized spacial score (nSPS) is 13.0. The molecule has 2 amide bonds. The minimum atomic E-state index is -1.01. The van der Waals surface area contributed by atoms with Gasteiger partial charge in [0.05, 0.1) is 22.8 Å². The van der Waals surface area contributed by atoms with Crippen molar-refractivity contribution >= 4 is 92.5 Å². The fourth-order valence-electron chi connectivity index (χ4n) is 3.77. The van der Waals surface area contributed by atoms with E-state index in [-0.39, 0.29) is 33.6 Å². The van der Waals surface area contributed by atoms with Crippen LogP contribution in [0.5, 0.6) is 5.75 Å². The summed E-state index contributed by atoms with van der Waals surface area (Å²) in [5.41, 5.74) is 0.666. The first-order valence-corrected chi connectivity index (χ1v) is 13.3. The van der Waals surface area contributed by atoms with E-state index in [0.717, 1.165) is 10.5 Å². The van der Waals surface area contributed by atoms with E-state index in [4.69, 9.17) is 13.6 Å². The molecule has 182 valence electrons. The second-order valence-electron chi connectivity index (χ2n) is 7.74. The number of nitrogens with zero attached hydrogens (tertiary/aromatic N) is 1. The molecule has 0 saturated carbocycles. The Morgan fingerprint density at radius 1 is 0.944 bits per heavy atom. The van der Waals surface area contributed by atoms with E-state index in [1.54, 1.807) is 37.3 Å². The van der Waals surface area contributed by atoms with Gasteiger partial charge in [0.25, 0.3) is 11.8 Å². The van der Waals surface area contributed by atoms with Crippen LogP contribution in [0.3, 0.4) is 0 Å². The van der Waals surface area contributed by atoms with Gasteiger partial charge >= 0.3 is 5.97 Å². The van der Waals surface area contributed by atoms with Crippen LogP contribution in [0.4, 0.5) is 0 Å². The van der Waals surface area contributed by atoms with Crippen LogP contribution in [0.2, 0.25) is 0 Å². The lowest BCUT2D eigenvalue weighted by Crippen LogP contribution is -2.37. The highest BCUT2D eigenvalue weighted by molar-refractivity contribution is 9.15. The zero-order chi connectivity index (χ0) is 25.9. The summed E-state index contributed by atoms with van der Waals surface area (Å²) in [7, 11) is 0. The van der Waals surface area contributed by atoms with Crippen molar-refractivity contribution in [3.8, 4) is 17.3 Å². The SMILES string of the molecule is Cc1ccc2oc(-c3ccco3)c(OC(=O)CN3C(=O)c4c(Br)c(Br)c(Br)c(Br)c4C3=O)c(=O)c2c1. The molecule has 0 atom stereocenters. The Morgan fingerprint density at radius 2 is 1.58 bits per heavy atom. The van der Waals surface area contributed by atoms with Crippen molar-refractivity contribution in [3.63, 3.8) is 0 Å². The minimum absolute atomic E-state index is 0.0876. The second-order valence-corrected chi connectivity index (χ2v) is 10.9. The molecule has 1 aliphatic heterocycles. The van der Waals surface area contributed by atoms with E-state index in [1.807, 2.05) is 0 Å². The number of carbonyl (C=O) groups excluding carboxylic acids is 3. The number of ether oxygens (including phenoxy) is 1. The van der Waals surface area contributed by atoms with Crippen molar-refractivity contribution in [3.05, 3.63) is 81.4 Å². The van der Waals surface area contributed by atoms with E-state index >= 15 is 0 Å². The summed E-state index contributed by atoms with van der Waals surface area (Å²) in [4.78, 5) is 53.2. The van der Waals surface area contributed by atoms with Crippen LogP contribution in [0.15, 0.2) is 68.1 Å². The predicted octanol–water partition coefficient (Wildman–Crippen LogP) is 6.61. The summed E-state index contributed by atoms with van der Waals surface area (Å²) in [6.07, 6.45) is 1.38. The van der Waals surface area contributed by atoms with Gasteiger partial charge in [-0.3, -0.25) is 19.3 Å². The van der Waals surface area contributed by atoms with E-state index in [0.29, 0.717) is 17.9 Å². The smallest absolute Gasteiger partial charge is 0.331 e. The quantitative estimate of drug-likeness (QED) is 0.100. The van der Waals surface area contributed by atoms with Gasteiger partial charge in [0.1, 0.15) is 12.1 Å². The standard InChI is InChI=1S/C24H11Br4NO7/c1-9-4-5-11-10(7-9)20(31)22(21(35-11)12-3-2-6-34-12)36-13(30)8-29-23(32)14-15(24(29)33)17(26)19(28)18(27)16(14)25/h2-7H,8H2,1H3. The first kappa shape index (κ1) is 25.1. The molecule has 12 heteroatoms. The summed E-state index contributed by atoms with van der Waals surface area (Å²) in [5, 5.41) is 0.205. The fraction of sp³-hybridized carbons (Fsp3) is 0.0833. The molecule has 2 aromatic heterocycles. The van der Waals surface area contributed by atoms with E-state index < -0.39 is 35.5 Å². The molecule has 0 bridgehead atoms. The molecule has 4 aromatic rings. The second kappa shape index (κ2) is 9.40. The molecule has 0 saturated heterocycles. The highest BCUT2D eigenvalue weighted by Crippen LogP contribution is 2.45. The molecule has 1 aliphatic rings. The third kappa shape index (κ3) is 4.00. The fourth-order valence-corrected chi connectivity index (χ4v) is 6.23. The third-order valence-corrected chi connectivity index (χ3v) is 10.2. The van der Waals surface area contributed by atoms with Crippen LogP contribution in [-0.4, -0.2) is 29.2 Å². The number of rotatable bonds is 4. The van der Waals surface area contributed by atoms with Crippen LogP contribution < -0.4 is 10.2 Å². The van der Waals surface area contributed by atoms with Crippen molar-refractivity contribution in [1.82, 2.24) is 4.90 Å². The molecule has 0 unspecified atom stereocenters. The number of hydrogen-bond donors (Lipinski definition) is 0. The molecule has 0 spiro atoms. The lowest BCUT2D eigenvalue weighted by atomic mass is 10.1. The van der Waals surface area contributed by atoms with Crippen LogP contribution in [0.25, 0.3) is 22.5 Å². The molecule has 36 heavy (non-hydrogen) atoms. The molecule has 0 fully saturated rings.